The highest BCUT2D eigenvalue weighted by Gasteiger charge is 2.43. The van der Waals surface area contributed by atoms with E-state index in [9.17, 15) is 9.59 Å². The molecule has 1 saturated heterocycles. The van der Waals surface area contributed by atoms with Crippen molar-refractivity contribution in [2.24, 2.45) is 5.41 Å². The molecule has 0 N–H and O–H groups in total. The fourth-order valence-corrected chi connectivity index (χ4v) is 5.26. The molecular weight excluding hydrogens is 428 g/mol. The molecule has 0 saturated carbocycles. The summed E-state index contributed by atoms with van der Waals surface area (Å²) in [4.78, 5) is 30.7. The Bertz CT molecular complexity index is 980. The van der Waals surface area contributed by atoms with E-state index < -0.39 is 5.41 Å². The Morgan fingerprint density at radius 2 is 1.74 bits per heavy atom. The van der Waals surface area contributed by atoms with E-state index in [-0.39, 0.29) is 11.8 Å². The van der Waals surface area contributed by atoms with Crippen molar-refractivity contribution in [2.75, 3.05) is 39.9 Å². The number of aryl methyl sites for hydroxylation is 1. The second-order valence-electron chi connectivity index (χ2n) is 9.35. The van der Waals surface area contributed by atoms with Crippen LogP contribution in [0.4, 0.5) is 0 Å². The van der Waals surface area contributed by atoms with Gasteiger partial charge in [0.1, 0.15) is 18.1 Å². The van der Waals surface area contributed by atoms with Gasteiger partial charge in [-0.25, -0.2) is 0 Å². The van der Waals surface area contributed by atoms with Gasteiger partial charge in [0, 0.05) is 25.2 Å². The maximum atomic E-state index is 13.8. The number of hydrogen-bond donors (Lipinski definition) is 0. The molecule has 2 heterocycles. The van der Waals surface area contributed by atoms with Crippen LogP contribution in [0.5, 0.6) is 11.5 Å². The van der Waals surface area contributed by atoms with Gasteiger partial charge in [-0.3, -0.25) is 9.59 Å². The molecule has 2 amide bonds. The van der Waals surface area contributed by atoms with Crippen molar-refractivity contribution in [2.45, 2.75) is 45.4 Å². The van der Waals surface area contributed by atoms with Crippen molar-refractivity contribution >= 4 is 11.8 Å². The number of carbonyl (C=O) groups is 2. The van der Waals surface area contributed by atoms with E-state index in [2.05, 4.69) is 12.1 Å². The Morgan fingerprint density at radius 3 is 2.44 bits per heavy atom. The van der Waals surface area contributed by atoms with Crippen LogP contribution in [-0.4, -0.2) is 61.5 Å². The second kappa shape index (κ2) is 10.9. The molecule has 1 fully saturated rings. The number of carbonyl (C=O) groups excluding carboxylic acids is 2. The molecular formula is C28H36N2O4. The molecule has 0 atom stereocenters. The number of methoxy groups -OCH3 is 1. The van der Waals surface area contributed by atoms with Crippen molar-refractivity contribution in [3.8, 4) is 11.5 Å². The van der Waals surface area contributed by atoms with Crippen molar-refractivity contribution in [3.05, 3.63) is 59.7 Å². The maximum absolute atomic E-state index is 13.8. The van der Waals surface area contributed by atoms with Crippen molar-refractivity contribution in [1.29, 1.82) is 0 Å². The summed E-state index contributed by atoms with van der Waals surface area (Å²) in [5.74, 6) is 1.92. The third kappa shape index (κ3) is 5.21. The molecule has 2 aliphatic heterocycles. The van der Waals surface area contributed by atoms with Gasteiger partial charge in [-0.15, -0.1) is 0 Å². The Balaban J connectivity index is 1.47. The number of likely N-dealkylation sites (tertiary alicyclic amines) is 1. The van der Waals surface area contributed by atoms with E-state index in [4.69, 9.17) is 9.47 Å². The molecule has 4 rings (SSSR count). The van der Waals surface area contributed by atoms with Crippen LogP contribution < -0.4 is 9.47 Å². The first kappa shape index (κ1) is 24.1. The first-order valence-corrected chi connectivity index (χ1v) is 12.5. The molecule has 6 heteroatoms. The van der Waals surface area contributed by atoms with Gasteiger partial charge in [0.2, 0.25) is 5.91 Å². The summed E-state index contributed by atoms with van der Waals surface area (Å²) >= 11 is 0. The maximum Gasteiger partial charge on any atom is 0.253 e. The summed E-state index contributed by atoms with van der Waals surface area (Å²) in [5.41, 5.74) is 1.50. The SMILES string of the molecule is CCN1CCOc2ccccc2CCCCC2(CCN(C(=O)c3ccc(OC)cc3)CC2)C1=O. The minimum absolute atomic E-state index is 0.0236. The lowest BCUT2D eigenvalue weighted by atomic mass is 9.73. The molecule has 34 heavy (non-hydrogen) atoms. The van der Waals surface area contributed by atoms with Gasteiger partial charge < -0.3 is 19.3 Å². The van der Waals surface area contributed by atoms with E-state index >= 15 is 0 Å². The molecule has 0 unspecified atom stereocenters. The van der Waals surface area contributed by atoms with Gasteiger partial charge >= 0.3 is 0 Å². The van der Waals surface area contributed by atoms with Crippen LogP contribution in [0.2, 0.25) is 0 Å². The van der Waals surface area contributed by atoms with E-state index in [0.717, 1.165) is 37.2 Å². The van der Waals surface area contributed by atoms with Gasteiger partial charge in [0.25, 0.3) is 5.91 Å². The molecule has 6 nitrogen and oxygen atoms in total. The molecule has 2 aromatic carbocycles. The van der Waals surface area contributed by atoms with Crippen LogP contribution in [0.1, 0.15) is 54.9 Å². The number of amides is 2. The second-order valence-corrected chi connectivity index (χ2v) is 9.35. The molecule has 2 aromatic rings. The summed E-state index contributed by atoms with van der Waals surface area (Å²) in [6, 6.07) is 15.5. The van der Waals surface area contributed by atoms with Gasteiger partial charge in [-0.05, 0) is 74.9 Å². The Hall–Kier alpha value is -3.02. The lowest BCUT2D eigenvalue weighted by molar-refractivity contribution is -0.145. The largest absolute Gasteiger partial charge is 0.497 e. The predicted octanol–water partition coefficient (Wildman–Crippen LogP) is 4.57. The fourth-order valence-electron chi connectivity index (χ4n) is 5.26. The Labute approximate surface area is 202 Å². The van der Waals surface area contributed by atoms with E-state index in [1.165, 1.54) is 5.56 Å². The normalized spacial score (nSPS) is 18.9. The Morgan fingerprint density at radius 1 is 1.00 bits per heavy atom. The van der Waals surface area contributed by atoms with E-state index in [1.807, 2.05) is 53.1 Å². The fraction of sp³-hybridized carbons (Fsp3) is 0.500. The van der Waals surface area contributed by atoms with Crippen molar-refractivity contribution in [1.82, 2.24) is 9.80 Å². The summed E-state index contributed by atoms with van der Waals surface area (Å²) < 4.78 is 11.3. The number of ether oxygens (including phenoxy) is 2. The minimum Gasteiger partial charge on any atom is -0.497 e. The van der Waals surface area contributed by atoms with Crippen LogP contribution in [0.25, 0.3) is 0 Å². The van der Waals surface area contributed by atoms with Crippen LogP contribution in [0.15, 0.2) is 48.5 Å². The van der Waals surface area contributed by atoms with Crippen LogP contribution in [0, 0.1) is 5.41 Å². The van der Waals surface area contributed by atoms with E-state index in [1.54, 1.807) is 7.11 Å². The highest BCUT2D eigenvalue weighted by atomic mass is 16.5. The smallest absolute Gasteiger partial charge is 0.253 e. The van der Waals surface area contributed by atoms with Crippen molar-refractivity contribution < 1.29 is 19.1 Å². The first-order chi connectivity index (χ1) is 16.6. The summed E-state index contributed by atoms with van der Waals surface area (Å²) in [7, 11) is 1.62. The molecule has 1 spiro atoms. The highest BCUT2D eigenvalue weighted by Crippen LogP contribution is 2.39. The number of nitrogens with zero attached hydrogens (tertiary/aromatic N) is 2. The van der Waals surface area contributed by atoms with Crippen molar-refractivity contribution in [3.63, 3.8) is 0 Å². The quantitative estimate of drug-likeness (QED) is 0.668. The third-order valence-corrected chi connectivity index (χ3v) is 7.41. The van der Waals surface area contributed by atoms with E-state index in [0.29, 0.717) is 51.2 Å². The zero-order chi connectivity index (χ0) is 24.0. The average molecular weight is 465 g/mol. The number of piperidine rings is 1. The summed E-state index contributed by atoms with van der Waals surface area (Å²) in [6.45, 7) is 4.99. The Kier molecular flexibility index (Phi) is 7.76. The standard InChI is InChI=1S/C28H36N2O4/c1-3-29-20-21-34-25-10-5-4-8-22(25)9-6-7-15-28(27(29)32)16-18-30(19-17-28)26(31)23-11-13-24(33-2)14-12-23/h4-5,8,10-14H,3,6-7,9,15-21H2,1-2H3. The number of benzene rings is 2. The molecule has 0 aromatic heterocycles. The lowest BCUT2D eigenvalue weighted by Crippen LogP contribution is -2.52. The molecule has 182 valence electrons. The number of para-hydroxylation sites is 1. The van der Waals surface area contributed by atoms with Crippen LogP contribution in [0.3, 0.4) is 0 Å². The topological polar surface area (TPSA) is 59.1 Å². The molecule has 0 radical (unpaired) electrons. The summed E-state index contributed by atoms with van der Waals surface area (Å²) in [6.07, 6.45) is 5.26. The average Bonchev–Trinajstić information content (AvgIpc) is 2.89. The third-order valence-electron chi connectivity index (χ3n) is 7.41. The zero-order valence-corrected chi connectivity index (χ0v) is 20.4. The minimum atomic E-state index is -0.397. The molecule has 0 aliphatic carbocycles. The number of rotatable bonds is 3. The number of fused-ring (bicyclic) bond motifs is 1. The summed E-state index contributed by atoms with van der Waals surface area (Å²) in [5, 5.41) is 0. The zero-order valence-electron chi connectivity index (χ0n) is 20.4. The highest BCUT2D eigenvalue weighted by molar-refractivity contribution is 5.94. The monoisotopic (exact) mass is 464 g/mol. The number of hydrogen-bond acceptors (Lipinski definition) is 4. The van der Waals surface area contributed by atoms with Gasteiger partial charge in [-0.1, -0.05) is 24.6 Å². The predicted molar refractivity (Wildman–Crippen MR) is 132 cm³/mol. The van der Waals surface area contributed by atoms with Gasteiger partial charge in [0.15, 0.2) is 0 Å². The number of likely N-dealkylation sites (N-methyl/N-ethyl adjacent to an activating group) is 1. The lowest BCUT2D eigenvalue weighted by Gasteiger charge is -2.43. The first-order valence-electron chi connectivity index (χ1n) is 12.5. The molecule has 2 aliphatic rings. The van der Waals surface area contributed by atoms with Gasteiger partial charge in [-0.2, -0.15) is 0 Å². The van der Waals surface area contributed by atoms with Gasteiger partial charge in [0.05, 0.1) is 19.1 Å². The van der Waals surface area contributed by atoms with Crippen LogP contribution in [-0.2, 0) is 11.2 Å². The molecule has 0 bridgehead atoms. The van der Waals surface area contributed by atoms with Crippen LogP contribution >= 0.6 is 0 Å².